The summed E-state index contributed by atoms with van der Waals surface area (Å²) >= 11 is 2.29. The molecule has 6 nitrogen and oxygen atoms in total. The van der Waals surface area contributed by atoms with E-state index >= 15 is 0 Å². The van der Waals surface area contributed by atoms with Crippen LogP contribution < -0.4 is 10.6 Å². The zero-order valence-electron chi connectivity index (χ0n) is 19.4. The Balaban J connectivity index is 1.39. The summed E-state index contributed by atoms with van der Waals surface area (Å²) in [5.41, 5.74) is 3.74. The summed E-state index contributed by atoms with van der Waals surface area (Å²) < 4.78 is 3.24. The van der Waals surface area contributed by atoms with Crippen LogP contribution in [0.4, 0.5) is 5.69 Å². The van der Waals surface area contributed by atoms with Gasteiger partial charge in [0.05, 0.1) is 18.2 Å². The maximum atomic E-state index is 12.7. The largest absolute Gasteiger partial charge is 0.387 e. The van der Waals surface area contributed by atoms with Gasteiger partial charge in [0, 0.05) is 41.5 Å². The van der Waals surface area contributed by atoms with Gasteiger partial charge in [-0.1, -0.05) is 60.7 Å². The van der Waals surface area contributed by atoms with Crippen molar-refractivity contribution in [3.05, 3.63) is 117 Å². The molecule has 4 rings (SSSR count). The highest BCUT2D eigenvalue weighted by molar-refractivity contribution is 14.1. The summed E-state index contributed by atoms with van der Waals surface area (Å²) in [6.07, 6.45) is 2.37. The number of imidazole rings is 1. The molecule has 4 aromatic rings. The second-order valence-electron chi connectivity index (χ2n) is 8.37. The number of nitrogens with zero attached hydrogens (tertiary/aromatic N) is 2. The summed E-state index contributed by atoms with van der Waals surface area (Å²) in [6, 6.07) is 27.4. The van der Waals surface area contributed by atoms with Crippen molar-refractivity contribution in [3.63, 3.8) is 0 Å². The van der Waals surface area contributed by atoms with Crippen LogP contribution in [0.2, 0.25) is 0 Å². The monoisotopic (exact) mass is 580 g/mol. The van der Waals surface area contributed by atoms with Crippen molar-refractivity contribution >= 4 is 34.2 Å². The number of aliphatic hydroxyl groups is 1. The SMILES string of the molecule is O=C(Cc1nc(CCNC[C@H](O)c2ccccc2)cn1Cc1ccc(I)cc1)Nc1ccccc1. The molecule has 0 spiro atoms. The number of halogens is 1. The van der Waals surface area contributed by atoms with E-state index in [4.69, 9.17) is 4.98 Å². The molecule has 1 aromatic heterocycles. The molecule has 35 heavy (non-hydrogen) atoms. The summed E-state index contributed by atoms with van der Waals surface area (Å²) in [6.45, 7) is 1.80. The lowest BCUT2D eigenvalue weighted by Gasteiger charge is -2.11. The van der Waals surface area contributed by atoms with Crippen molar-refractivity contribution in [2.45, 2.75) is 25.5 Å². The number of amides is 1. The van der Waals surface area contributed by atoms with E-state index in [0.717, 1.165) is 28.3 Å². The van der Waals surface area contributed by atoms with Crippen molar-refractivity contribution in [1.29, 1.82) is 0 Å². The van der Waals surface area contributed by atoms with Crippen LogP contribution in [-0.2, 0) is 24.2 Å². The fourth-order valence-electron chi connectivity index (χ4n) is 3.82. The molecule has 0 aliphatic rings. The molecule has 1 amide bonds. The standard InChI is InChI=1S/C28H29IN4O2/c29-23-13-11-21(12-14-23)19-33-20-25(15-16-30-18-26(34)22-7-3-1-4-8-22)31-27(33)17-28(35)32-24-9-5-2-6-10-24/h1-14,20,26,30,34H,15-19H2,(H,32,35)/t26-/m0/s1. The van der Waals surface area contributed by atoms with E-state index < -0.39 is 6.10 Å². The summed E-state index contributed by atoms with van der Waals surface area (Å²) in [4.78, 5) is 17.5. The maximum Gasteiger partial charge on any atom is 0.231 e. The Morgan fingerprint density at radius 1 is 0.971 bits per heavy atom. The predicted molar refractivity (Wildman–Crippen MR) is 147 cm³/mol. The molecule has 0 fully saturated rings. The molecular formula is C28H29IN4O2. The van der Waals surface area contributed by atoms with E-state index in [0.29, 0.717) is 26.1 Å². The quantitative estimate of drug-likeness (QED) is 0.179. The summed E-state index contributed by atoms with van der Waals surface area (Å²) in [5.74, 6) is 0.637. The van der Waals surface area contributed by atoms with Gasteiger partial charge in [-0.3, -0.25) is 4.79 Å². The molecule has 3 N–H and O–H groups in total. The van der Waals surface area contributed by atoms with Gasteiger partial charge in [-0.05, 0) is 58.0 Å². The highest BCUT2D eigenvalue weighted by Gasteiger charge is 2.14. The number of anilines is 1. The molecule has 0 saturated carbocycles. The first-order valence-electron chi connectivity index (χ1n) is 11.6. The van der Waals surface area contributed by atoms with E-state index in [1.807, 2.05) is 66.9 Å². The average Bonchev–Trinajstić information content (AvgIpc) is 3.24. The summed E-state index contributed by atoms with van der Waals surface area (Å²) in [5, 5.41) is 16.6. The first kappa shape index (κ1) is 25.1. The van der Waals surface area contributed by atoms with Gasteiger partial charge in [0.2, 0.25) is 5.91 Å². The molecule has 0 radical (unpaired) electrons. The molecule has 1 heterocycles. The number of aliphatic hydroxyl groups excluding tert-OH is 1. The minimum Gasteiger partial charge on any atom is -0.387 e. The van der Waals surface area contributed by atoms with Crippen LogP contribution in [0.3, 0.4) is 0 Å². The molecule has 3 aromatic carbocycles. The average molecular weight is 580 g/mol. The number of benzene rings is 3. The van der Waals surface area contributed by atoms with Crippen molar-refractivity contribution in [3.8, 4) is 0 Å². The van der Waals surface area contributed by atoms with Crippen LogP contribution in [0, 0.1) is 3.57 Å². The number of nitrogens with one attached hydrogen (secondary N) is 2. The van der Waals surface area contributed by atoms with Gasteiger partial charge < -0.3 is 20.3 Å². The highest BCUT2D eigenvalue weighted by Crippen LogP contribution is 2.14. The van der Waals surface area contributed by atoms with Crippen molar-refractivity contribution in [2.24, 2.45) is 0 Å². The normalized spacial score (nSPS) is 11.8. The van der Waals surface area contributed by atoms with Gasteiger partial charge in [-0.15, -0.1) is 0 Å². The topological polar surface area (TPSA) is 79.2 Å². The molecule has 7 heteroatoms. The Bertz CT molecular complexity index is 1210. The van der Waals surface area contributed by atoms with E-state index in [1.165, 1.54) is 3.57 Å². The maximum absolute atomic E-state index is 12.7. The van der Waals surface area contributed by atoms with Gasteiger partial charge >= 0.3 is 0 Å². The number of rotatable bonds is 11. The Morgan fingerprint density at radius 3 is 2.37 bits per heavy atom. The number of carbonyl (C=O) groups is 1. The van der Waals surface area contributed by atoms with Crippen LogP contribution in [0.5, 0.6) is 0 Å². The van der Waals surface area contributed by atoms with Crippen LogP contribution in [-0.4, -0.2) is 33.7 Å². The van der Waals surface area contributed by atoms with Gasteiger partial charge in [-0.2, -0.15) is 0 Å². The van der Waals surface area contributed by atoms with Gasteiger partial charge in [0.15, 0.2) is 0 Å². The molecule has 1 atom stereocenters. The number of hydrogen-bond acceptors (Lipinski definition) is 4. The van der Waals surface area contributed by atoms with Crippen molar-refractivity contribution in [2.75, 3.05) is 18.4 Å². The number of para-hydroxylation sites is 1. The van der Waals surface area contributed by atoms with Crippen LogP contribution in [0.1, 0.15) is 28.7 Å². The lowest BCUT2D eigenvalue weighted by Crippen LogP contribution is -2.23. The molecule has 0 bridgehead atoms. The lowest BCUT2D eigenvalue weighted by molar-refractivity contribution is -0.115. The van der Waals surface area contributed by atoms with E-state index in [-0.39, 0.29) is 12.3 Å². The second-order valence-corrected chi connectivity index (χ2v) is 9.62. The third-order valence-corrected chi connectivity index (χ3v) is 6.35. The Morgan fingerprint density at radius 2 is 1.66 bits per heavy atom. The van der Waals surface area contributed by atoms with Gasteiger partial charge in [0.25, 0.3) is 0 Å². The summed E-state index contributed by atoms with van der Waals surface area (Å²) in [7, 11) is 0. The van der Waals surface area contributed by atoms with E-state index in [1.54, 1.807) is 0 Å². The molecule has 180 valence electrons. The minimum atomic E-state index is -0.549. The Hall–Kier alpha value is -3.01. The Labute approximate surface area is 219 Å². The molecule has 0 aliphatic heterocycles. The first-order valence-corrected chi connectivity index (χ1v) is 12.7. The smallest absolute Gasteiger partial charge is 0.231 e. The van der Waals surface area contributed by atoms with Crippen molar-refractivity contribution in [1.82, 2.24) is 14.9 Å². The van der Waals surface area contributed by atoms with Crippen LogP contribution in [0.25, 0.3) is 0 Å². The number of hydrogen-bond donors (Lipinski definition) is 3. The third kappa shape index (κ3) is 7.74. The zero-order chi connectivity index (χ0) is 24.5. The van der Waals surface area contributed by atoms with Crippen LogP contribution in [0.15, 0.2) is 91.1 Å². The lowest BCUT2D eigenvalue weighted by atomic mass is 10.1. The molecule has 0 aliphatic carbocycles. The van der Waals surface area contributed by atoms with E-state index in [9.17, 15) is 9.90 Å². The van der Waals surface area contributed by atoms with Crippen LogP contribution >= 0.6 is 22.6 Å². The Kier molecular flexibility index (Phi) is 9.05. The number of carbonyl (C=O) groups excluding carboxylic acids is 1. The number of aromatic nitrogens is 2. The fraction of sp³-hybridized carbons (Fsp3) is 0.214. The van der Waals surface area contributed by atoms with Gasteiger partial charge in [-0.25, -0.2) is 4.98 Å². The predicted octanol–water partition coefficient (Wildman–Crippen LogP) is 4.58. The minimum absolute atomic E-state index is 0.0960. The molecular weight excluding hydrogens is 551 g/mol. The zero-order valence-corrected chi connectivity index (χ0v) is 21.6. The van der Waals surface area contributed by atoms with Gasteiger partial charge in [0.1, 0.15) is 5.82 Å². The fourth-order valence-corrected chi connectivity index (χ4v) is 4.18. The first-order chi connectivity index (χ1) is 17.1. The molecule has 0 saturated heterocycles. The third-order valence-electron chi connectivity index (χ3n) is 5.63. The van der Waals surface area contributed by atoms with Crippen molar-refractivity contribution < 1.29 is 9.90 Å². The van der Waals surface area contributed by atoms with E-state index in [2.05, 4.69) is 62.1 Å². The highest BCUT2D eigenvalue weighted by atomic mass is 127. The second kappa shape index (κ2) is 12.6. The molecule has 0 unspecified atom stereocenters.